The van der Waals surface area contributed by atoms with E-state index in [4.69, 9.17) is 17.3 Å². The van der Waals surface area contributed by atoms with Crippen molar-refractivity contribution in [2.24, 2.45) is 0 Å². The first kappa shape index (κ1) is 31.4. The summed E-state index contributed by atoms with van der Waals surface area (Å²) in [6.07, 6.45) is -11.1. The summed E-state index contributed by atoms with van der Waals surface area (Å²) in [5.74, 6) is 0.196. The largest absolute Gasteiger partial charge is 0.435 e. The summed E-state index contributed by atoms with van der Waals surface area (Å²) in [7, 11) is 0. The number of hydrogen-bond donors (Lipinski definition) is 1. The van der Waals surface area contributed by atoms with Crippen LogP contribution in [0.25, 0.3) is 0 Å². The number of nitrogens with two attached hydrogens (primary N) is 1. The Balaban J connectivity index is 1.65. The average Bonchev–Trinajstić information content (AvgIpc) is 2.92. The molecule has 2 heterocycles. The van der Waals surface area contributed by atoms with E-state index in [0.717, 1.165) is 17.8 Å². The summed E-state index contributed by atoms with van der Waals surface area (Å²) in [5, 5.41) is 0.623. The Bertz CT molecular complexity index is 1350. The molecule has 2 aromatic carbocycles. The first-order valence-corrected chi connectivity index (χ1v) is 13.5. The van der Waals surface area contributed by atoms with Crippen molar-refractivity contribution in [2.45, 2.75) is 50.8 Å². The lowest BCUT2D eigenvalue weighted by atomic mass is 9.94. The molecule has 0 amide bonds. The number of alkyl halides is 7. The Hall–Kier alpha value is -3.55. The van der Waals surface area contributed by atoms with Crippen LogP contribution in [0, 0.1) is 0 Å². The van der Waals surface area contributed by atoms with Gasteiger partial charge in [0, 0.05) is 43.5 Å². The van der Waals surface area contributed by atoms with Gasteiger partial charge in [-0.05, 0) is 37.6 Å². The van der Waals surface area contributed by atoms with Crippen LogP contribution in [-0.2, 0) is 5.67 Å². The van der Waals surface area contributed by atoms with Crippen LogP contribution in [0.3, 0.4) is 0 Å². The number of aromatic nitrogens is 3. The van der Waals surface area contributed by atoms with E-state index in [1.165, 1.54) is 4.90 Å². The van der Waals surface area contributed by atoms with Gasteiger partial charge in [-0.2, -0.15) is 41.3 Å². The number of piperazine rings is 1. The van der Waals surface area contributed by atoms with Crippen molar-refractivity contribution in [1.29, 1.82) is 0 Å². The number of nitrogens with zero attached hydrogens (tertiary/aromatic N) is 6. The molecular formula is C27H29ClF7N7. The van der Waals surface area contributed by atoms with Crippen LogP contribution in [0.1, 0.15) is 32.3 Å². The van der Waals surface area contributed by atoms with Crippen LogP contribution >= 0.6 is 11.6 Å². The number of anilines is 5. The summed E-state index contributed by atoms with van der Waals surface area (Å²) in [5.41, 5.74) is -0.0286. The molecule has 15 heteroatoms. The minimum atomic E-state index is -6.21. The fraction of sp³-hybridized carbons (Fsp3) is 0.444. The number of nitrogen functional groups attached to an aromatic ring is 1. The zero-order valence-corrected chi connectivity index (χ0v) is 23.5. The van der Waals surface area contributed by atoms with E-state index >= 15 is 0 Å². The molecule has 42 heavy (non-hydrogen) atoms. The molecule has 1 aliphatic heterocycles. The minimum absolute atomic E-state index is 0.0533. The monoisotopic (exact) mass is 619 g/mol. The summed E-state index contributed by atoms with van der Waals surface area (Å²) in [6.45, 7) is 5.83. The van der Waals surface area contributed by atoms with Crippen LogP contribution < -0.4 is 20.4 Å². The number of unbranched alkanes of at least 4 members (excludes halogenated alkanes) is 1. The van der Waals surface area contributed by atoms with Gasteiger partial charge >= 0.3 is 18.0 Å². The van der Waals surface area contributed by atoms with E-state index < -0.39 is 23.6 Å². The SMILES string of the molecule is CCCCN(c1ccc(C(F)(C(F)(F)F)C(F)(F)F)cc1)c1nc(N)nc(N2CCN(c3ccccc3Cl)CC2C)n1. The van der Waals surface area contributed by atoms with E-state index in [2.05, 4.69) is 19.9 Å². The molecule has 1 atom stereocenters. The number of rotatable bonds is 8. The smallest absolute Gasteiger partial charge is 0.368 e. The third kappa shape index (κ3) is 6.13. The van der Waals surface area contributed by atoms with Gasteiger partial charge in [-0.1, -0.05) is 49.2 Å². The Kier molecular flexibility index (Phi) is 8.95. The molecule has 0 radical (unpaired) electrons. The van der Waals surface area contributed by atoms with Crippen molar-refractivity contribution in [2.75, 3.05) is 46.6 Å². The summed E-state index contributed by atoms with van der Waals surface area (Å²) in [4.78, 5) is 18.6. The maximum absolute atomic E-state index is 14.6. The molecule has 1 aliphatic rings. The number of halogens is 8. The summed E-state index contributed by atoms with van der Waals surface area (Å²) >= 11 is 6.37. The highest BCUT2D eigenvalue weighted by atomic mass is 35.5. The van der Waals surface area contributed by atoms with Gasteiger partial charge in [0.1, 0.15) is 0 Å². The zero-order chi connectivity index (χ0) is 30.9. The highest BCUT2D eigenvalue weighted by Crippen LogP contribution is 2.53. The second kappa shape index (κ2) is 12.0. The van der Waals surface area contributed by atoms with Crippen LogP contribution in [0.4, 0.5) is 60.0 Å². The molecule has 1 aromatic heterocycles. The molecule has 2 N–H and O–H groups in total. The third-order valence-electron chi connectivity index (χ3n) is 7.04. The van der Waals surface area contributed by atoms with Crippen LogP contribution in [0.15, 0.2) is 48.5 Å². The molecule has 1 fully saturated rings. The lowest BCUT2D eigenvalue weighted by Crippen LogP contribution is -2.53. The van der Waals surface area contributed by atoms with Gasteiger partial charge in [0.2, 0.25) is 17.8 Å². The van der Waals surface area contributed by atoms with Gasteiger partial charge in [-0.25, -0.2) is 4.39 Å². The standard InChI is InChI=1S/C27H29ClF7N7/c1-3-4-13-42(19-11-9-18(10-12-19)25(29,26(30,31)32)27(33,34)35)24-38-22(36)37-23(39-24)41-15-14-40(16-17(41)2)21-8-6-5-7-20(21)28/h5-12,17H,3-4,13-16H2,1-2H3,(H2,36,37,38,39). The molecule has 0 bridgehead atoms. The molecule has 7 nitrogen and oxygen atoms in total. The van der Waals surface area contributed by atoms with Gasteiger partial charge in [0.15, 0.2) is 0 Å². The molecule has 0 aliphatic carbocycles. The molecule has 0 saturated carbocycles. The van der Waals surface area contributed by atoms with Crippen molar-refractivity contribution in [3.8, 4) is 0 Å². The molecular weight excluding hydrogens is 591 g/mol. The maximum Gasteiger partial charge on any atom is 0.435 e. The number of hydrogen-bond acceptors (Lipinski definition) is 7. The van der Waals surface area contributed by atoms with Crippen molar-refractivity contribution in [1.82, 2.24) is 15.0 Å². The van der Waals surface area contributed by atoms with Gasteiger partial charge in [0.25, 0.3) is 0 Å². The summed E-state index contributed by atoms with van der Waals surface area (Å²) in [6, 6.07) is 10.3. The normalized spacial score (nSPS) is 16.6. The Morgan fingerprint density at radius 1 is 0.929 bits per heavy atom. The van der Waals surface area contributed by atoms with E-state index in [9.17, 15) is 30.7 Å². The van der Waals surface area contributed by atoms with Gasteiger partial charge < -0.3 is 20.4 Å². The average molecular weight is 620 g/mol. The Morgan fingerprint density at radius 2 is 1.57 bits per heavy atom. The van der Waals surface area contributed by atoms with Gasteiger partial charge in [0.05, 0.1) is 10.7 Å². The molecule has 1 saturated heterocycles. The van der Waals surface area contributed by atoms with Crippen molar-refractivity contribution in [3.05, 3.63) is 59.1 Å². The van der Waals surface area contributed by atoms with Gasteiger partial charge in [-0.3, -0.25) is 0 Å². The van der Waals surface area contributed by atoms with Gasteiger partial charge in [-0.15, -0.1) is 0 Å². The molecule has 228 valence electrons. The van der Waals surface area contributed by atoms with Crippen molar-refractivity contribution < 1.29 is 30.7 Å². The zero-order valence-electron chi connectivity index (χ0n) is 22.7. The number of para-hydroxylation sites is 1. The molecule has 1 unspecified atom stereocenters. The van der Waals surface area contributed by atoms with E-state index in [1.807, 2.05) is 43.0 Å². The lowest BCUT2D eigenvalue weighted by Gasteiger charge is -2.41. The fourth-order valence-electron chi connectivity index (χ4n) is 4.82. The van der Waals surface area contributed by atoms with Crippen LogP contribution in [0.5, 0.6) is 0 Å². The highest BCUT2D eigenvalue weighted by Gasteiger charge is 2.73. The maximum atomic E-state index is 14.6. The van der Waals surface area contributed by atoms with E-state index in [-0.39, 0.29) is 36.1 Å². The van der Waals surface area contributed by atoms with Crippen LogP contribution in [-0.4, -0.2) is 59.5 Å². The second-order valence-electron chi connectivity index (χ2n) is 9.94. The predicted molar refractivity (Wildman–Crippen MR) is 148 cm³/mol. The van der Waals surface area contributed by atoms with E-state index in [1.54, 1.807) is 0 Å². The Labute approximate surface area is 243 Å². The molecule has 0 spiro atoms. The first-order valence-electron chi connectivity index (χ1n) is 13.2. The first-order chi connectivity index (χ1) is 19.7. The quantitative estimate of drug-likeness (QED) is 0.271. The van der Waals surface area contributed by atoms with Crippen molar-refractivity contribution in [3.63, 3.8) is 0 Å². The lowest BCUT2D eigenvalue weighted by molar-refractivity contribution is -0.348. The van der Waals surface area contributed by atoms with Crippen LogP contribution in [0.2, 0.25) is 5.02 Å². The minimum Gasteiger partial charge on any atom is -0.368 e. The third-order valence-corrected chi connectivity index (χ3v) is 7.36. The Morgan fingerprint density at radius 3 is 2.14 bits per heavy atom. The molecule has 4 rings (SSSR count). The predicted octanol–water partition coefficient (Wildman–Crippen LogP) is 7.05. The number of benzene rings is 2. The van der Waals surface area contributed by atoms with Crippen molar-refractivity contribution >= 4 is 40.8 Å². The summed E-state index contributed by atoms with van der Waals surface area (Å²) < 4.78 is 94.1. The topological polar surface area (TPSA) is 74.4 Å². The van der Waals surface area contributed by atoms with E-state index in [0.29, 0.717) is 49.6 Å². The fourth-order valence-corrected chi connectivity index (χ4v) is 5.08. The second-order valence-corrected chi connectivity index (χ2v) is 10.3. The highest BCUT2D eigenvalue weighted by molar-refractivity contribution is 6.33. The molecule has 3 aromatic rings.